The zero-order chi connectivity index (χ0) is 18.1. The number of aromatic nitrogens is 3. The van der Waals surface area contributed by atoms with Gasteiger partial charge in [-0.2, -0.15) is 5.10 Å². The van der Waals surface area contributed by atoms with E-state index in [1.54, 1.807) is 13.1 Å². The first-order chi connectivity index (χ1) is 12.1. The van der Waals surface area contributed by atoms with Gasteiger partial charge in [-0.3, -0.25) is 9.78 Å². The fourth-order valence-corrected chi connectivity index (χ4v) is 1.93. The lowest BCUT2D eigenvalue weighted by Gasteiger charge is -2.12. The quantitative estimate of drug-likeness (QED) is 0.411. The standard InChI is InChI=1S/C17H23N5O3/c1-4-6-9-25-14-8-7-13(10-15(14)24-5-2)11-18-21-17-19-16(23)12(3)20-22-17/h7-8,10-11H,4-6,9H2,1-3H3,(H2,19,21,22,23)/b18-11+. The molecule has 0 spiro atoms. The molecule has 2 N–H and O–H groups in total. The molecule has 1 aromatic heterocycles. The summed E-state index contributed by atoms with van der Waals surface area (Å²) < 4.78 is 11.4. The van der Waals surface area contributed by atoms with Crippen molar-refractivity contribution in [3.05, 3.63) is 39.8 Å². The lowest BCUT2D eigenvalue weighted by atomic mass is 10.2. The third-order valence-corrected chi connectivity index (χ3v) is 3.27. The smallest absolute Gasteiger partial charge is 0.274 e. The molecule has 2 rings (SSSR count). The van der Waals surface area contributed by atoms with Gasteiger partial charge < -0.3 is 9.47 Å². The number of ether oxygens (including phenoxy) is 2. The van der Waals surface area contributed by atoms with Crippen molar-refractivity contribution in [1.29, 1.82) is 0 Å². The summed E-state index contributed by atoms with van der Waals surface area (Å²) in [5.41, 5.74) is 3.45. The van der Waals surface area contributed by atoms with Crippen LogP contribution >= 0.6 is 0 Å². The van der Waals surface area contributed by atoms with Crippen LogP contribution in [0.3, 0.4) is 0 Å². The van der Waals surface area contributed by atoms with E-state index in [9.17, 15) is 4.79 Å². The number of nitrogens with zero attached hydrogens (tertiary/aromatic N) is 3. The highest BCUT2D eigenvalue weighted by Crippen LogP contribution is 2.28. The zero-order valence-corrected chi connectivity index (χ0v) is 14.7. The highest BCUT2D eigenvalue weighted by Gasteiger charge is 2.06. The fraction of sp³-hybridized carbons (Fsp3) is 0.412. The number of hydrazone groups is 1. The van der Waals surface area contributed by atoms with E-state index < -0.39 is 0 Å². The molecule has 134 valence electrons. The number of benzene rings is 1. The monoisotopic (exact) mass is 345 g/mol. The Morgan fingerprint density at radius 3 is 2.80 bits per heavy atom. The summed E-state index contributed by atoms with van der Waals surface area (Å²) in [4.78, 5) is 14.0. The third-order valence-electron chi connectivity index (χ3n) is 3.27. The van der Waals surface area contributed by atoms with Crippen molar-refractivity contribution in [2.24, 2.45) is 5.10 Å². The summed E-state index contributed by atoms with van der Waals surface area (Å²) in [5, 5.41) is 11.6. The molecule has 1 heterocycles. The van der Waals surface area contributed by atoms with Crippen LogP contribution in [-0.4, -0.2) is 34.6 Å². The van der Waals surface area contributed by atoms with E-state index in [2.05, 4.69) is 32.6 Å². The van der Waals surface area contributed by atoms with Crippen molar-refractivity contribution >= 4 is 12.2 Å². The Labute approximate surface area is 146 Å². The van der Waals surface area contributed by atoms with Crippen LogP contribution < -0.4 is 20.5 Å². The van der Waals surface area contributed by atoms with Crippen LogP contribution in [0.4, 0.5) is 5.95 Å². The van der Waals surface area contributed by atoms with Crippen LogP contribution in [0, 0.1) is 6.92 Å². The van der Waals surface area contributed by atoms with Crippen LogP contribution in [0.5, 0.6) is 11.5 Å². The minimum atomic E-state index is -0.306. The van der Waals surface area contributed by atoms with Gasteiger partial charge in [0.2, 0.25) is 5.95 Å². The molecule has 0 aliphatic carbocycles. The SMILES string of the molecule is CCCCOc1ccc(/C=N/Nc2nnc(C)c(=O)[nH]2)cc1OCC. The summed E-state index contributed by atoms with van der Waals surface area (Å²) in [6.45, 7) is 6.82. The molecule has 8 nitrogen and oxygen atoms in total. The van der Waals surface area contributed by atoms with Crippen molar-refractivity contribution in [2.45, 2.75) is 33.6 Å². The van der Waals surface area contributed by atoms with E-state index in [0.717, 1.165) is 18.4 Å². The Balaban J connectivity index is 2.06. The number of aryl methyl sites for hydroxylation is 1. The molecule has 0 amide bonds. The van der Waals surface area contributed by atoms with Gasteiger partial charge in [0.25, 0.3) is 5.56 Å². The third kappa shape index (κ3) is 5.59. The number of aromatic amines is 1. The van der Waals surface area contributed by atoms with Crippen LogP contribution in [0.25, 0.3) is 0 Å². The molecule has 0 aliphatic rings. The summed E-state index contributed by atoms with van der Waals surface area (Å²) in [5.74, 6) is 1.57. The Morgan fingerprint density at radius 2 is 2.08 bits per heavy atom. The molecule has 0 radical (unpaired) electrons. The molecule has 0 fully saturated rings. The molecule has 0 bridgehead atoms. The minimum absolute atomic E-state index is 0.177. The average molecular weight is 345 g/mol. The second-order valence-corrected chi connectivity index (χ2v) is 5.30. The van der Waals surface area contributed by atoms with E-state index in [1.165, 1.54) is 0 Å². The van der Waals surface area contributed by atoms with Gasteiger partial charge in [-0.25, -0.2) is 5.43 Å². The largest absolute Gasteiger partial charge is 0.490 e. The van der Waals surface area contributed by atoms with Crippen LogP contribution in [-0.2, 0) is 0 Å². The van der Waals surface area contributed by atoms with E-state index in [1.807, 2.05) is 25.1 Å². The van der Waals surface area contributed by atoms with Crippen molar-refractivity contribution in [2.75, 3.05) is 18.6 Å². The first-order valence-corrected chi connectivity index (χ1v) is 8.26. The summed E-state index contributed by atoms with van der Waals surface area (Å²) in [7, 11) is 0. The molecule has 0 saturated carbocycles. The van der Waals surface area contributed by atoms with E-state index in [4.69, 9.17) is 9.47 Å². The Bertz CT molecular complexity index is 773. The number of unbranched alkanes of at least 4 members (excludes halogenated alkanes) is 1. The topological polar surface area (TPSA) is 101 Å². The van der Waals surface area contributed by atoms with E-state index in [-0.39, 0.29) is 11.5 Å². The number of H-pyrrole nitrogens is 1. The highest BCUT2D eigenvalue weighted by molar-refractivity contribution is 5.81. The van der Waals surface area contributed by atoms with E-state index in [0.29, 0.717) is 30.4 Å². The zero-order valence-electron chi connectivity index (χ0n) is 14.7. The molecular weight excluding hydrogens is 322 g/mol. The normalized spacial score (nSPS) is 10.8. The number of anilines is 1. The molecule has 0 saturated heterocycles. The molecule has 0 atom stereocenters. The van der Waals surface area contributed by atoms with Crippen LogP contribution in [0.15, 0.2) is 28.1 Å². The fourth-order valence-electron chi connectivity index (χ4n) is 1.93. The molecule has 0 unspecified atom stereocenters. The average Bonchev–Trinajstić information content (AvgIpc) is 2.60. The molecule has 25 heavy (non-hydrogen) atoms. The maximum absolute atomic E-state index is 11.5. The van der Waals surface area contributed by atoms with Gasteiger partial charge in [0.1, 0.15) is 5.69 Å². The molecule has 2 aromatic rings. The first kappa shape index (κ1) is 18.4. The molecular formula is C17H23N5O3. The number of nitrogens with one attached hydrogen (secondary N) is 2. The second kappa shape index (κ2) is 9.41. The highest BCUT2D eigenvalue weighted by atomic mass is 16.5. The van der Waals surface area contributed by atoms with E-state index >= 15 is 0 Å². The minimum Gasteiger partial charge on any atom is -0.490 e. The lowest BCUT2D eigenvalue weighted by Crippen LogP contribution is -2.15. The van der Waals surface area contributed by atoms with Crippen LogP contribution in [0.1, 0.15) is 37.9 Å². The maximum atomic E-state index is 11.5. The summed E-state index contributed by atoms with van der Waals surface area (Å²) >= 11 is 0. The lowest BCUT2D eigenvalue weighted by molar-refractivity contribution is 0.272. The number of hydrogen-bond donors (Lipinski definition) is 2. The first-order valence-electron chi connectivity index (χ1n) is 8.26. The molecule has 0 aliphatic heterocycles. The van der Waals surface area contributed by atoms with Gasteiger partial charge in [-0.1, -0.05) is 13.3 Å². The van der Waals surface area contributed by atoms with Gasteiger partial charge in [-0.15, -0.1) is 10.2 Å². The predicted octanol–water partition coefficient (Wildman–Crippen LogP) is 2.50. The van der Waals surface area contributed by atoms with Crippen molar-refractivity contribution in [3.63, 3.8) is 0 Å². The maximum Gasteiger partial charge on any atom is 0.274 e. The molecule has 8 heteroatoms. The predicted molar refractivity (Wildman–Crippen MR) is 96.6 cm³/mol. The number of hydrogen-bond acceptors (Lipinski definition) is 7. The Morgan fingerprint density at radius 1 is 1.24 bits per heavy atom. The van der Waals surface area contributed by atoms with Gasteiger partial charge in [-0.05, 0) is 44.0 Å². The Hall–Kier alpha value is -2.90. The van der Waals surface area contributed by atoms with Gasteiger partial charge in [0.15, 0.2) is 11.5 Å². The second-order valence-electron chi connectivity index (χ2n) is 5.30. The van der Waals surface area contributed by atoms with Crippen molar-refractivity contribution < 1.29 is 9.47 Å². The summed E-state index contributed by atoms with van der Waals surface area (Å²) in [6, 6.07) is 5.58. The number of rotatable bonds is 9. The van der Waals surface area contributed by atoms with Gasteiger partial charge in [0, 0.05) is 0 Å². The molecule has 1 aromatic carbocycles. The Kier molecular flexibility index (Phi) is 6.94. The summed E-state index contributed by atoms with van der Waals surface area (Å²) in [6.07, 6.45) is 3.66. The van der Waals surface area contributed by atoms with Gasteiger partial charge in [0.05, 0.1) is 19.4 Å². The van der Waals surface area contributed by atoms with Crippen LogP contribution in [0.2, 0.25) is 0 Å². The van der Waals surface area contributed by atoms with Crippen molar-refractivity contribution in [3.8, 4) is 11.5 Å². The van der Waals surface area contributed by atoms with Crippen molar-refractivity contribution in [1.82, 2.24) is 15.2 Å². The van der Waals surface area contributed by atoms with Gasteiger partial charge >= 0.3 is 0 Å².